The van der Waals surface area contributed by atoms with Gasteiger partial charge >= 0.3 is 6.03 Å². The van der Waals surface area contributed by atoms with Crippen molar-refractivity contribution in [2.45, 2.75) is 25.3 Å². The van der Waals surface area contributed by atoms with Gasteiger partial charge in [0.05, 0.1) is 42.9 Å². The zero-order valence-electron chi connectivity index (χ0n) is 19.6. The van der Waals surface area contributed by atoms with E-state index < -0.39 is 9.84 Å². The van der Waals surface area contributed by atoms with E-state index in [0.29, 0.717) is 54.9 Å². The summed E-state index contributed by atoms with van der Waals surface area (Å²) in [7, 11) is -3.28. The fourth-order valence-electron chi connectivity index (χ4n) is 3.72. The minimum absolute atomic E-state index is 0.105. The number of sulfone groups is 1. The lowest BCUT2D eigenvalue weighted by molar-refractivity contribution is 0.0985. The van der Waals surface area contributed by atoms with E-state index in [2.05, 4.69) is 25.5 Å². The first-order valence-electron chi connectivity index (χ1n) is 11.2. The molecule has 35 heavy (non-hydrogen) atoms. The van der Waals surface area contributed by atoms with Crippen LogP contribution in [-0.2, 0) is 26.9 Å². The SMILES string of the molecule is C[C@H]1COCCN1c1cc(CS(C)(=O)=O)nc(-c2ccc(NC(=O)NCc3ccccn3)cc2)n1. The molecule has 1 aromatic carbocycles. The number of aromatic nitrogens is 3. The summed E-state index contributed by atoms with van der Waals surface area (Å²) in [5, 5.41) is 5.54. The van der Waals surface area contributed by atoms with Crippen LogP contribution in [0.25, 0.3) is 11.4 Å². The van der Waals surface area contributed by atoms with Crippen molar-refractivity contribution in [2.24, 2.45) is 0 Å². The molecule has 0 spiro atoms. The van der Waals surface area contributed by atoms with Gasteiger partial charge < -0.3 is 20.3 Å². The number of amides is 2. The number of hydrogen-bond donors (Lipinski definition) is 2. The van der Waals surface area contributed by atoms with Crippen LogP contribution in [0.1, 0.15) is 18.3 Å². The number of carbonyl (C=O) groups is 1. The lowest BCUT2D eigenvalue weighted by atomic mass is 10.2. The minimum atomic E-state index is -3.28. The molecule has 1 saturated heterocycles. The van der Waals surface area contributed by atoms with E-state index >= 15 is 0 Å². The standard InChI is InChI=1S/C24H28N6O4S/c1-17-15-34-12-11-30(17)22-13-21(16-35(2,32)33)27-23(29-22)18-6-8-19(9-7-18)28-24(31)26-14-20-5-3-4-10-25-20/h3-10,13,17H,11-12,14-16H2,1-2H3,(H2,26,28,31)/t17-/m0/s1. The Morgan fingerprint density at radius 2 is 1.94 bits per heavy atom. The Balaban J connectivity index is 1.51. The molecular weight excluding hydrogens is 468 g/mol. The van der Waals surface area contributed by atoms with Gasteiger partial charge in [-0.3, -0.25) is 4.98 Å². The van der Waals surface area contributed by atoms with Crippen molar-refractivity contribution in [3.63, 3.8) is 0 Å². The summed E-state index contributed by atoms with van der Waals surface area (Å²) in [6.45, 7) is 4.16. The minimum Gasteiger partial charge on any atom is -0.377 e. The molecule has 1 fully saturated rings. The van der Waals surface area contributed by atoms with Crippen molar-refractivity contribution < 1.29 is 17.9 Å². The lowest BCUT2D eigenvalue weighted by Gasteiger charge is -2.34. The summed E-state index contributed by atoms with van der Waals surface area (Å²) >= 11 is 0. The summed E-state index contributed by atoms with van der Waals surface area (Å²) in [5.74, 6) is 0.913. The van der Waals surface area contributed by atoms with Crippen LogP contribution in [-0.4, -0.2) is 61.5 Å². The summed E-state index contributed by atoms with van der Waals surface area (Å²) in [4.78, 5) is 27.7. The molecule has 1 aliphatic rings. The molecule has 2 amide bonds. The average molecular weight is 497 g/mol. The summed E-state index contributed by atoms with van der Waals surface area (Å²) < 4.78 is 29.4. The normalized spacial score (nSPS) is 16.1. The molecular formula is C24H28N6O4S. The van der Waals surface area contributed by atoms with E-state index in [-0.39, 0.29) is 17.8 Å². The molecule has 0 saturated carbocycles. The maximum absolute atomic E-state index is 12.2. The summed E-state index contributed by atoms with van der Waals surface area (Å²) in [6, 6.07) is 14.1. The largest absolute Gasteiger partial charge is 0.377 e. The van der Waals surface area contributed by atoms with E-state index in [1.165, 1.54) is 6.26 Å². The van der Waals surface area contributed by atoms with E-state index in [1.54, 1.807) is 36.5 Å². The highest BCUT2D eigenvalue weighted by Crippen LogP contribution is 2.25. The first-order valence-corrected chi connectivity index (χ1v) is 13.3. The van der Waals surface area contributed by atoms with Gasteiger partial charge in [-0.05, 0) is 43.3 Å². The summed E-state index contributed by atoms with van der Waals surface area (Å²) in [6.07, 6.45) is 2.86. The molecule has 2 aromatic heterocycles. The number of nitrogens with zero attached hydrogens (tertiary/aromatic N) is 4. The number of urea groups is 1. The van der Waals surface area contributed by atoms with Gasteiger partial charge in [0.2, 0.25) is 0 Å². The molecule has 3 heterocycles. The Labute approximate surface area is 204 Å². The summed E-state index contributed by atoms with van der Waals surface area (Å²) in [5.41, 5.74) is 2.50. The van der Waals surface area contributed by atoms with Crippen LogP contribution < -0.4 is 15.5 Å². The van der Waals surface area contributed by atoms with Crippen molar-refractivity contribution in [1.29, 1.82) is 0 Å². The van der Waals surface area contributed by atoms with E-state index in [9.17, 15) is 13.2 Å². The Morgan fingerprint density at radius 1 is 1.14 bits per heavy atom. The number of nitrogens with one attached hydrogen (secondary N) is 2. The van der Waals surface area contributed by atoms with E-state index in [1.807, 2.05) is 25.1 Å². The highest BCUT2D eigenvalue weighted by molar-refractivity contribution is 7.89. The predicted molar refractivity (Wildman–Crippen MR) is 134 cm³/mol. The van der Waals surface area contributed by atoms with Gasteiger partial charge in [0.25, 0.3) is 0 Å². The van der Waals surface area contributed by atoms with Crippen LogP contribution in [0.5, 0.6) is 0 Å². The van der Waals surface area contributed by atoms with Gasteiger partial charge in [-0.15, -0.1) is 0 Å². The van der Waals surface area contributed by atoms with Gasteiger partial charge in [-0.25, -0.2) is 23.2 Å². The molecule has 3 aromatic rings. The van der Waals surface area contributed by atoms with Crippen molar-refractivity contribution in [3.05, 3.63) is 66.1 Å². The third-order valence-corrected chi connectivity index (χ3v) is 6.21. The number of carbonyl (C=O) groups excluding carboxylic acids is 1. The van der Waals surface area contributed by atoms with Gasteiger partial charge in [0.15, 0.2) is 15.7 Å². The third-order valence-electron chi connectivity index (χ3n) is 5.39. The van der Waals surface area contributed by atoms with Crippen LogP contribution >= 0.6 is 0 Å². The molecule has 2 N–H and O–H groups in total. The Kier molecular flexibility index (Phi) is 7.57. The number of pyridine rings is 1. The number of benzene rings is 1. The van der Waals surface area contributed by atoms with Crippen molar-refractivity contribution in [3.8, 4) is 11.4 Å². The number of ether oxygens (including phenoxy) is 1. The second-order valence-corrected chi connectivity index (χ2v) is 10.6. The zero-order valence-corrected chi connectivity index (χ0v) is 20.5. The molecule has 11 heteroatoms. The van der Waals surface area contributed by atoms with Gasteiger partial charge in [-0.2, -0.15) is 0 Å². The lowest BCUT2D eigenvalue weighted by Crippen LogP contribution is -2.44. The zero-order chi connectivity index (χ0) is 24.8. The smallest absolute Gasteiger partial charge is 0.319 e. The van der Waals surface area contributed by atoms with Gasteiger partial charge in [0.1, 0.15) is 5.82 Å². The Hall–Kier alpha value is -3.57. The second-order valence-electron chi connectivity index (χ2n) is 8.43. The van der Waals surface area contributed by atoms with Crippen molar-refractivity contribution in [1.82, 2.24) is 20.3 Å². The topological polar surface area (TPSA) is 126 Å². The third kappa shape index (κ3) is 6.96. The maximum atomic E-state index is 12.2. The van der Waals surface area contributed by atoms with E-state index in [0.717, 1.165) is 5.69 Å². The van der Waals surface area contributed by atoms with Crippen LogP contribution in [0.4, 0.5) is 16.3 Å². The molecule has 184 valence electrons. The Morgan fingerprint density at radius 3 is 2.63 bits per heavy atom. The fourth-order valence-corrected chi connectivity index (χ4v) is 4.41. The first-order chi connectivity index (χ1) is 16.8. The highest BCUT2D eigenvalue weighted by Gasteiger charge is 2.22. The molecule has 10 nitrogen and oxygen atoms in total. The first kappa shape index (κ1) is 24.6. The van der Waals surface area contributed by atoms with Crippen molar-refractivity contribution >= 4 is 27.4 Å². The van der Waals surface area contributed by atoms with Crippen molar-refractivity contribution in [2.75, 3.05) is 36.2 Å². The van der Waals surface area contributed by atoms with Gasteiger partial charge in [0, 0.05) is 36.3 Å². The molecule has 1 aliphatic heterocycles. The van der Waals surface area contributed by atoms with Crippen LogP contribution in [0.3, 0.4) is 0 Å². The number of anilines is 2. The van der Waals surface area contributed by atoms with Crippen LogP contribution in [0, 0.1) is 0 Å². The van der Waals surface area contributed by atoms with Crippen LogP contribution in [0.15, 0.2) is 54.7 Å². The molecule has 0 radical (unpaired) electrons. The number of morpholine rings is 1. The Bertz CT molecular complexity index is 1270. The molecule has 4 rings (SSSR count). The molecule has 1 atom stereocenters. The highest BCUT2D eigenvalue weighted by atomic mass is 32.2. The van der Waals surface area contributed by atoms with Crippen LogP contribution in [0.2, 0.25) is 0 Å². The average Bonchev–Trinajstić information content (AvgIpc) is 2.83. The number of rotatable bonds is 7. The van der Waals surface area contributed by atoms with Gasteiger partial charge in [-0.1, -0.05) is 6.07 Å². The molecule has 0 aliphatic carbocycles. The maximum Gasteiger partial charge on any atom is 0.319 e. The van der Waals surface area contributed by atoms with E-state index in [4.69, 9.17) is 9.72 Å². The molecule has 0 bridgehead atoms. The predicted octanol–water partition coefficient (Wildman–Crippen LogP) is 2.63. The second kappa shape index (κ2) is 10.8. The number of hydrogen-bond acceptors (Lipinski definition) is 8. The molecule has 0 unspecified atom stereocenters. The fraction of sp³-hybridized carbons (Fsp3) is 0.333. The quantitative estimate of drug-likeness (QED) is 0.511. The monoisotopic (exact) mass is 496 g/mol.